The number of carbonyl (C=O) groups is 2. The van der Waals surface area contributed by atoms with Crippen LogP contribution < -0.4 is 5.32 Å². The molecule has 0 saturated carbocycles. The Kier molecular flexibility index (Phi) is 3.97. The molecule has 1 amide bonds. The van der Waals surface area contributed by atoms with E-state index in [2.05, 4.69) is 5.32 Å². The van der Waals surface area contributed by atoms with Crippen molar-refractivity contribution in [1.82, 2.24) is 5.32 Å². The molecule has 4 heteroatoms. The van der Waals surface area contributed by atoms with Crippen molar-refractivity contribution in [3.8, 4) is 0 Å². The van der Waals surface area contributed by atoms with Crippen molar-refractivity contribution < 1.29 is 14.3 Å². The summed E-state index contributed by atoms with van der Waals surface area (Å²) in [4.78, 5) is 23.4. The first-order valence-corrected chi connectivity index (χ1v) is 6.20. The van der Waals surface area contributed by atoms with Crippen LogP contribution in [0.3, 0.4) is 0 Å². The van der Waals surface area contributed by atoms with E-state index in [0.717, 1.165) is 5.56 Å². The van der Waals surface area contributed by atoms with Gasteiger partial charge in [0.1, 0.15) is 0 Å². The summed E-state index contributed by atoms with van der Waals surface area (Å²) in [6.07, 6.45) is 0.207. The van der Waals surface area contributed by atoms with Gasteiger partial charge in [-0.25, -0.2) is 0 Å². The minimum absolute atomic E-state index is 0.00273. The maximum absolute atomic E-state index is 11.9. The van der Waals surface area contributed by atoms with Gasteiger partial charge in [0.25, 0.3) is 0 Å². The number of amides is 1. The summed E-state index contributed by atoms with van der Waals surface area (Å²) in [5.74, 6) is -0.731. The van der Waals surface area contributed by atoms with Crippen molar-refractivity contribution in [2.24, 2.45) is 5.92 Å². The minimum Gasteiger partial charge on any atom is -0.466 e. The van der Waals surface area contributed by atoms with Gasteiger partial charge in [-0.3, -0.25) is 9.59 Å². The molecule has 1 fully saturated rings. The summed E-state index contributed by atoms with van der Waals surface area (Å²) >= 11 is 0. The Morgan fingerprint density at radius 1 is 1.39 bits per heavy atom. The molecule has 1 heterocycles. The second-order valence-electron chi connectivity index (χ2n) is 4.38. The molecule has 0 radical (unpaired) electrons. The fourth-order valence-electron chi connectivity index (χ4n) is 2.33. The van der Waals surface area contributed by atoms with Gasteiger partial charge in [-0.05, 0) is 12.5 Å². The van der Waals surface area contributed by atoms with Gasteiger partial charge in [0, 0.05) is 18.9 Å². The first kappa shape index (κ1) is 12.6. The maximum atomic E-state index is 11.9. The van der Waals surface area contributed by atoms with Gasteiger partial charge in [0.2, 0.25) is 5.91 Å². The van der Waals surface area contributed by atoms with Crippen molar-refractivity contribution in [1.29, 1.82) is 0 Å². The van der Waals surface area contributed by atoms with Gasteiger partial charge < -0.3 is 10.1 Å². The third kappa shape index (κ3) is 2.70. The molecule has 1 aliphatic heterocycles. The topological polar surface area (TPSA) is 55.4 Å². The van der Waals surface area contributed by atoms with E-state index < -0.39 is 0 Å². The molecular formula is C14H17NO3. The molecule has 96 valence electrons. The molecule has 2 atom stereocenters. The number of hydrogen-bond donors (Lipinski definition) is 1. The Labute approximate surface area is 106 Å². The SMILES string of the molecule is CCOC(=O)C1CC(=O)NCC1c1ccccc1. The molecule has 2 unspecified atom stereocenters. The molecule has 1 saturated heterocycles. The molecule has 1 aromatic rings. The third-order valence-corrected chi connectivity index (χ3v) is 3.23. The Bertz CT molecular complexity index is 430. The van der Waals surface area contributed by atoms with E-state index in [4.69, 9.17) is 4.74 Å². The van der Waals surface area contributed by atoms with Crippen LogP contribution in [0.4, 0.5) is 0 Å². The van der Waals surface area contributed by atoms with Crippen LogP contribution in [0.2, 0.25) is 0 Å². The molecule has 1 aromatic carbocycles. The van der Waals surface area contributed by atoms with Gasteiger partial charge >= 0.3 is 5.97 Å². The average Bonchev–Trinajstić information content (AvgIpc) is 2.40. The third-order valence-electron chi connectivity index (χ3n) is 3.23. The van der Waals surface area contributed by atoms with Crippen LogP contribution in [0.5, 0.6) is 0 Å². The zero-order valence-corrected chi connectivity index (χ0v) is 10.4. The average molecular weight is 247 g/mol. The van der Waals surface area contributed by atoms with Crippen molar-refractivity contribution >= 4 is 11.9 Å². The van der Waals surface area contributed by atoms with E-state index in [1.54, 1.807) is 6.92 Å². The maximum Gasteiger partial charge on any atom is 0.310 e. The highest BCUT2D eigenvalue weighted by Crippen LogP contribution is 2.30. The van der Waals surface area contributed by atoms with Crippen LogP contribution >= 0.6 is 0 Å². The summed E-state index contributed by atoms with van der Waals surface area (Å²) in [5.41, 5.74) is 1.07. The number of nitrogens with one attached hydrogen (secondary N) is 1. The fourth-order valence-corrected chi connectivity index (χ4v) is 2.33. The van der Waals surface area contributed by atoms with E-state index in [-0.39, 0.29) is 30.1 Å². The molecule has 0 aromatic heterocycles. The van der Waals surface area contributed by atoms with Crippen molar-refractivity contribution in [3.05, 3.63) is 35.9 Å². The summed E-state index contributed by atoms with van der Waals surface area (Å²) in [6.45, 7) is 2.61. The minimum atomic E-state index is -0.374. The molecule has 2 rings (SSSR count). The van der Waals surface area contributed by atoms with Crippen LogP contribution in [0.1, 0.15) is 24.8 Å². The van der Waals surface area contributed by atoms with E-state index in [0.29, 0.717) is 13.2 Å². The predicted octanol–water partition coefficient (Wildman–Crippen LogP) is 1.47. The second kappa shape index (κ2) is 5.67. The molecule has 0 bridgehead atoms. The lowest BCUT2D eigenvalue weighted by Gasteiger charge is -2.30. The zero-order valence-electron chi connectivity index (χ0n) is 10.4. The van der Waals surface area contributed by atoms with Gasteiger partial charge in [0.05, 0.1) is 12.5 Å². The summed E-state index contributed by atoms with van der Waals surface area (Å²) < 4.78 is 5.06. The number of ether oxygens (including phenoxy) is 1. The summed E-state index contributed by atoms with van der Waals surface area (Å²) in [6, 6.07) is 9.77. The molecular weight excluding hydrogens is 230 g/mol. The second-order valence-corrected chi connectivity index (χ2v) is 4.38. The summed E-state index contributed by atoms with van der Waals surface area (Å²) in [5, 5.41) is 2.81. The van der Waals surface area contributed by atoms with E-state index in [1.165, 1.54) is 0 Å². The lowest BCUT2D eigenvalue weighted by Crippen LogP contribution is -2.43. The smallest absolute Gasteiger partial charge is 0.310 e. The predicted molar refractivity (Wildman–Crippen MR) is 66.9 cm³/mol. The number of rotatable bonds is 3. The number of carbonyl (C=O) groups excluding carboxylic acids is 2. The zero-order chi connectivity index (χ0) is 13.0. The summed E-state index contributed by atoms with van der Waals surface area (Å²) in [7, 11) is 0. The first-order chi connectivity index (χ1) is 8.72. The number of esters is 1. The molecule has 4 nitrogen and oxygen atoms in total. The monoisotopic (exact) mass is 247 g/mol. The Morgan fingerprint density at radius 2 is 2.11 bits per heavy atom. The van der Waals surface area contributed by atoms with Crippen LogP contribution in [-0.4, -0.2) is 25.0 Å². The highest BCUT2D eigenvalue weighted by Gasteiger charge is 2.36. The molecule has 1 aliphatic rings. The van der Waals surface area contributed by atoms with E-state index in [1.807, 2.05) is 30.3 Å². The Balaban J connectivity index is 2.21. The van der Waals surface area contributed by atoms with Gasteiger partial charge in [0.15, 0.2) is 0 Å². The highest BCUT2D eigenvalue weighted by molar-refractivity contribution is 5.85. The van der Waals surface area contributed by atoms with Crippen LogP contribution in [-0.2, 0) is 14.3 Å². The number of piperidine rings is 1. The number of hydrogen-bond acceptors (Lipinski definition) is 3. The van der Waals surface area contributed by atoms with Crippen molar-refractivity contribution in [3.63, 3.8) is 0 Å². The first-order valence-electron chi connectivity index (χ1n) is 6.20. The standard InChI is InChI=1S/C14H17NO3/c1-2-18-14(17)11-8-13(16)15-9-12(11)10-6-4-3-5-7-10/h3-7,11-12H,2,8-9H2,1H3,(H,15,16). The van der Waals surface area contributed by atoms with E-state index >= 15 is 0 Å². The largest absolute Gasteiger partial charge is 0.466 e. The molecule has 0 aliphatic carbocycles. The number of benzene rings is 1. The van der Waals surface area contributed by atoms with Crippen molar-refractivity contribution in [2.75, 3.05) is 13.2 Å². The molecule has 18 heavy (non-hydrogen) atoms. The fraction of sp³-hybridized carbons (Fsp3) is 0.429. The van der Waals surface area contributed by atoms with Crippen LogP contribution in [0.15, 0.2) is 30.3 Å². The van der Waals surface area contributed by atoms with Gasteiger partial charge in [-0.1, -0.05) is 30.3 Å². The lowest BCUT2D eigenvalue weighted by molar-refractivity contribution is -0.152. The highest BCUT2D eigenvalue weighted by atomic mass is 16.5. The lowest BCUT2D eigenvalue weighted by atomic mass is 9.81. The van der Waals surface area contributed by atoms with Crippen LogP contribution in [0, 0.1) is 5.92 Å². The Hall–Kier alpha value is -1.84. The van der Waals surface area contributed by atoms with Gasteiger partial charge in [-0.15, -0.1) is 0 Å². The Morgan fingerprint density at radius 3 is 2.78 bits per heavy atom. The van der Waals surface area contributed by atoms with Crippen molar-refractivity contribution in [2.45, 2.75) is 19.3 Å². The van der Waals surface area contributed by atoms with Gasteiger partial charge in [-0.2, -0.15) is 0 Å². The normalized spacial score (nSPS) is 23.3. The van der Waals surface area contributed by atoms with Crippen LogP contribution in [0.25, 0.3) is 0 Å². The molecule has 1 N–H and O–H groups in total. The quantitative estimate of drug-likeness (QED) is 0.823. The molecule has 0 spiro atoms. The van der Waals surface area contributed by atoms with E-state index in [9.17, 15) is 9.59 Å².